The van der Waals surface area contributed by atoms with Crippen LogP contribution in [0, 0.1) is 0 Å². The van der Waals surface area contributed by atoms with Crippen LogP contribution in [0.25, 0.3) is 0 Å². The van der Waals surface area contributed by atoms with E-state index in [1.54, 1.807) is 6.20 Å². The Bertz CT molecular complexity index is 510. The Labute approximate surface area is 98.8 Å². The SMILES string of the molecule is CC(Nc1cn[nH]c1)c1ccc2c(c1)OCO2. The molecule has 0 bridgehead atoms. The van der Waals surface area contributed by atoms with E-state index in [9.17, 15) is 0 Å². The van der Waals surface area contributed by atoms with E-state index in [1.807, 2.05) is 24.4 Å². The van der Waals surface area contributed by atoms with Gasteiger partial charge in [0, 0.05) is 12.2 Å². The summed E-state index contributed by atoms with van der Waals surface area (Å²) >= 11 is 0. The number of ether oxygens (including phenoxy) is 2. The second-order valence-corrected chi connectivity index (χ2v) is 3.97. The van der Waals surface area contributed by atoms with Crippen LogP contribution in [-0.2, 0) is 0 Å². The Morgan fingerprint density at radius 3 is 3.06 bits per heavy atom. The molecule has 1 aliphatic heterocycles. The molecule has 5 nitrogen and oxygen atoms in total. The number of nitrogens with zero attached hydrogens (tertiary/aromatic N) is 1. The number of aromatic nitrogens is 2. The van der Waals surface area contributed by atoms with E-state index >= 15 is 0 Å². The Hall–Kier alpha value is -2.17. The minimum atomic E-state index is 0.183. The Morgan fingerprint density at radius 1 is 1.35 bits per heavy atom. The maximum Gasteiger partial charge on any atom is 0.231 e. The van der Waals surface area contributed by atoms with Gasteiger partial charge in [0.15, 0.2) is 11.5 Å². The molecule has 1 atom stereocenters. The molecule has 1 aromatic heterocycles. The van der Waals surface area contributed by atoms with Gasteiger partial charge in [0.2, 0.25) is 6.79 Å². The van der Waals surface area contributed by atoms with Crippen LogP contribution in [0.3, 0.4) is 0 Å². The highest BCUT2D eigenvalue weighted by Crippen LogP contribution is 2.34. The van der Waals surface area contributed by atoms with Crippen LogP contribution in [0.2, 0.25) is 0 Å². The minimum absolute atomic E-state index is 0.183. The lowest BCUT2D eigenvalue weighted by Crippen LogP contribution is -2.05. The third-order valence-electron chi connectivity index (χ3n) is 2.78. The molecule has 1 aromatic carbocycles. The number of hydrogen-bond donors (Lipinski definition) is 2. The zero-order chi connectivity index (χ0) is 11.7. The summed E-state index contributed by atoms with van der Waals surface area (Å²) in [5, 5.41) is 10.0. The van der Waals surface area contributed by atoms with Crippen molar-refractivity contribution in [2.24, 2.45) is 0 Å². The first-order valence-corrected chi connectivity index (χ1v) is 5.48. The lowest BCUT2D eigenvalue weighted by atomic mass is 10.1. The largest absolute Gasteiger partial charge is 0.454 e. The van der Waals surface area contributed by atoms with Crippen molar-refractivity contribution in [1.29, 1.82) is 0 Å². The zero-order valence-electron chi connectivity index (χ0n) is 9.43. The maximum atomic E-state index is 5.36. The average Bonchev–Trinajstić information content (AvgIpc) is 2.97. The van der Waals surface area contributed by atoms with Crippen molar-refractivity contribution in [3.05, 3.63) is 36.2 Å². The highest BCUT2D eigenvalue weighted by atomic mass is 16.7. The van der Waals surface area contributed by atoms with Gasteiger partial charge in [0.25, 0.3) is 0 Å². The summed E-state index contributed by atoms with van der Waals surface area (Å²) in [6.45, 7) is 2.40. The maximum absolute atomic E-state index is 5.36. The quantitative estimate of drug-likeness (QED) is 0.851. The highest BCUT2D eigenvalue weighted by Gasteiger charge is 2.15. The first kappa shape index (κ1) is 10.0. The number of H-pyrrole nitrogens is 1. The molecule has 2 heterocycles. The summed E-state index contributed by atoms with van der Waals surface area (Å²) < 4.78 is 10.6. The lowest BCUT2D eigenvalue weighted by Gasteiger charge is -2.14. The predicted octanol–water partition coefficient (Wildman–Crippen LogP) is 2.31. The van der Waals surface area contributed by atoms with Gasteiger partial charge in [-0.25, -0.2) is 0 Å². The molecule has 0 amide bonds. The summed E-state index contributed by atoms with van der Waals surface area (Å²) in [5.74, 6) is 1.62. The number of benzene rings is 1. The van der Waals surface area contributed by atoms with E-state index < -0.39 is 0 Å². The van der Waals surface area contributed by atoms with Crippen LogP contribution in [0.4, 0.5) is 5.69 Å². The van der Waals surface area contributed by atoms with Crippen molar-refractivity contribution >= 4 is 5.69 Å². The smallest absolute Gasteiger partial charge is 0.231 e. The molecule has 2 N–H and O–H groups in total. The first-order chi connectivity index (χ1) is 8.33. The molecule has 1 aliphatic rings. The molecule has 3 rings (SSSR count). The molecule has 2 aromatic rings. The fourth-order valence-electron chi connectivity index (χ4n) is 1.85. The fourth-order valence-corrected chi connectivity index (χ4v) is 1.85. The predicted molar refractivity (Wildman–Crippen MR) is 63.2 cm³/mol. The zero-order valence-corrected chi connectivity index (χ0v) is 9.43. The van der Waals surface area contributed by atoms with Crippen molar-refractivity contribution in [1.82, 2.24) is 10.2 Å². The Kier molecular flexibility index (Phi) is 2.36. The van der Waals surface area contributed by atoms with Gasteiger partial charge in [-0.3, -0.25) is 5.10 Å². The van der Waals surface area contributed by atoms with Gasteiger partial charge in [-0.05, 0) is 24.6 Å². The molecule has 0 saturated carbocycles. The number of fused-ring (bicyclic) bond motifs is 1. The average molecular weight is 231 g/mol. The number of rotatable bonds is 3. The molecule has 5 heteroatoms. The lowest BCUT2D eigenvalue weighted by molar-refractivity contribution is 0.174. The van der Waals surface area contributed by atoms with E-state index in [2.05, 4.69) is 22.4 Å². The standard InChI is InChI=1S/C12H13N3O2/c1-8(15-10-5-13-14-6-10)9-2-3-11-12(4-9)17-7-16-11/h2-6,8,15H,7H2,1H3,(H,13,14). The number of nitrogens with one attached hydrogen (secondary N) is 2. The molecule has 0 aliphatic carbocycles. The van der Waals surface area contributed by atoms with Gasteiger partial charge in [0.1, 0.15) is 0 Å². The summed E-state index contributed by atoms with van der Waals surface area (Å²) in [5.41, 5.74) is 2.12. The molecular formula is C12H13N3O2. The van der Waals surface area contributed by atoms with E-state index in [0.29, 0.717) is 6.79 Å². The molecule has 0 saturated heterocycles. The molecule has 0 spiro atoms. The normalized spacial score (nSPS) is 14.6. The van der Waals surface area contributed by atoms with Crippen molar-refractivity contribution < 1.29 is 9.47 Å². The molecule has 0 radical (unpaired) electrons. The number of hydrogen-bond acceptors (Lipinski definition) is 4. The van der Waals surface area contributed by atoms with Crippen molar-refractivity contribution in [3.8, 4) is 11.5 Å². The van der Waals surface area contributed by atoms with E-state index in [4.69, 9.17) is 9.47 Å². The summed E-state index contributed by atoms with van der Waals surface area (Å²) in [6.07, 6.45) is 3.58. The van der Waals surface area contributed by atoms with E-state index in [1.165, 1.54) is 0 Å². The number of anilines is 1. The van der Waals surface area contributed by atoms with Gasteiger partial charge >= 0.3 is 0 Å². The summed E-state index contributed by atoms with van der Waals surface area (Å²) in [6, 6.07) is 6.15. The van der Waals surface area contributed by atoms with Crippen LogP contribution in [0.1, 0.15) is 18.5 Å². The van der Waals surface area contributed by atoms with Crippen molar-refractivity contribution in [3.63, 3.8) is 0 Å². The second kappa shape index (κ2) is 4.01. The molecule has 88 valence electrons. The van der Waals surface area contributed by atoms with Crippen LogP contribution in [0.15, 0.2) is 30.6 Å². The van der Waals surface area contributed by atoms with Gasteiger partial charge in [-0.2, -0.15) is 5.10 Å². The van der Waals surface area contributed by atoms with Gasteiger partial charge in [0.05, 0.1) is 11.9 Å². The van der Waals surface area contributed by atoms with Crippen molar-refractivity contribution in [2.45, 2.75) is 13.0 Å². The molecule has 17 heavy (non-hydrogen) atoms. The van der Waals surface area contributed by atoms with Gasteiger partial charge < -0.3 is 14.8 Å². The number of aromatic amines is 1. The van der Waals surface area contributed by atoms with Crippen molar-refractivity contribution in [2.75, 3.05) is 12.1 Å². The summed E-state index contributed by atoms with van der Waals surface area (Å²) in [4.78, 5) is 0. The van der Waals surface area contributed by atoms with Gasteiger partial charge in [-0.1, -0.05) is 6.07 Å². The van der Waals surface area contributed by atoms with Crippen LogP contribution in [0.5, 0.6) is 11.5 Å². The monoisotopic (exact) mass is 231 g/mol. The summed E-state index contributed by atoms with van der Waals surface area (Å²) in [7, 11) is 0. The topological polar surface area (TPSA) is 59.2 Å². The fraction of sp³-hybridized carbons (Fsp3) is 0.250. The minimum Gasteiger partial charge on any atom is -0.454 e. The van der Waals surface area contributed by atoms with E-state index in [0.717, 1.165) is 22.7 Å². The molecular weight excluding hydrogens is 218 g/mol. The third kappa shape index (κ3) is 1.91. The van der Waals surface area contributed by atoms with Crippen LogP contribution in [-0.4, -0.2) is 17.0 Å². The highest BCUT2D eigenvalue weighted by molar-refractivity contribution is 5.47. The van der Waals surface area contributed by atoms with Crippen LogP contribution < -0.4 is 14.8 Å². The van der Waals surface area contributed by atoms with Crippen LogP contribution >= 0.6 is 0 Å². The molecule has 0 fully saturated rings. The van der Waals surface area contributed by atoms with Gasteiger partial charge in [-0.15, -0.1) is 0 Å². The molecule has 1 unspecified atom stereocenters. The Balaban J connectivity index is 1.79. The van der Waals surface area contributed by atoms with E-state index in [-0.39, 0.29) is 6.04 Å². The third-order valence-corrected chi connectivity index (χ3v) is 2.78. The second-order valence-electron chi connectivity index (χ2n) is 3.97. The first-order valence-electron chi connectivity index (χ1n) is 5.48. The Morgan fingerprint density at radius 2 is 2.24 bits per heavy atom.